The fraction of sp³-hybridized carbons (Fsp3) is 0.360. The summed E-state index contributed by atoms with van der Waals surface area (Å²) in [6.45, 7) is -1.26. The number of halogens is 3. The zero-order valence-electron chi connectivity index (χ0n) is 18.9. The Balaban J connectivity index is 1.42. The highest BCUT2D eigenvalue weighted by atomic mass is 19.4. The first-order valence-corrected chi connectivity index (χ1v) is 11.1. The quantitative estimate of drug-likeness (QED) is 0.239. The van der Waals surface area contributed by atoms with Crippen LogP contribution in [0.5, 0.6) is 5.75 Å². The standard InChI is InChI=1S/C25H27F3N2O5/c26-25(27,28)15-34-20-10-5-17(6-11-20)24(32)35-21-8-1-16(2-9-21)3-12-23(31)33-14-18-4-7-19(29)13-22(18)30/h1-4,7-9,12-13,17,20H,5-6,10-11,14-15,29-30H2/b12-3+. The molecule has 0 unspecified atom stereocenters. The van der Waals surface area contributed by atoms with Gasteiger partial charge in [0.1, 0.15) is 19.0 Å². The molecular weight excluding hydrogens is 465 g/mol. The number of esters is 2. The molecule has 0 amide bonds. The van der Waals surface area contributed by atoms with Gasteiger partial charge in [0.05, 0.1) is 12.0 Å². The van der Waals surface area contributed by atoms with Gasteiger partial charge in [0.2, 0.25) is 0 Å². The van der Waals surface area contributed by atoms with Crippen molar-refractivity contribution in [1.29, 1.82) is 0 Å². The van der Waals surface area contributed by atoms with Crippen LogP contribution in [0.2, 0.25) is 0 Å². The molecule has 2 aromatic carbocycles. The lowest BCUT2D eigenvalue weighted by Crippen LogP contribution is -2.31. The summed E-state index contributed by atoms with van der Waals surface area (Å²) >= 11 is 0. The first-order valence-electron chi connectivity index (χ1n) is 11.1. The van der Waals surface area contributed by atoms with E-state index in [9.17, 15) is 22.8 Å². The van der Waals surface area contributed by atoms with Gasteiger partial charge in [-0.1, -0.05) is 18.2 Å². The van der Waals surface area contributed by atoms with Gasteiger partial charge in [-0.05, 0) is 61.6 Å². The number of anilines is 2. The minimum absolute atomic E-state index is 0.0144. The molecule has 1 aliphatic rings. The van der Waals surface area contributed by atoms with E-state index in [1.165, 1.54) is 6.08 Å². The summed E-state index contributed by atoms with van der Waals surface area (Å²) in [6.07, 6.45) is -0.456. The normalized spacial score (nSPS) is 18.4. The van der Waals surface area contributed by atoms with Crippen LogP contribution in [0, 0.1) is 5.92 Å². The van der Waals surface area contributed by atoms with Crippen molar-refractivity contribution < 1.29 is 37.0 Å². The highest BCUT2D eigenvalue weighted by molar-refractivity contribution is 5.87. The minimum atomic E-state index is -4.36. The Hall–Kier alpha value is -3.53. The smallest absolute Gasteiger partial charge is 0.411 e. The molecule has 0 bridgehead atoms. The molecule has 188 valence electrons. The second-order valence-corrected chi connectivity index (χ2v) is 8.29. The van der Waals surface area contributed by atoms with Crippen LogP contribution in [0.3, 0.4) is 0 Å². The highest BCUT2D eigenvalue weighted by Gasteiger charge is 2.32. The Morgan fingerprint density at radius 2 is 1.69 bits per heavy atom. The molecule has 4 N–H and O–H groups in total. The van der Waals surface area contributed by atoms with Crippen LogP contribution in [0.4, 0.5) is 24.5 Å². The average Bonchev–Trinajstić information content (AvgIpc) is 2.81. The van der Waals surface area contributed by atoms with E-state index >= 15 is 0 Å². The molecule has 10 heteroatoms. The number of ether oxygens (including phenoxy) is 3. The third kappa shape index (κ3) is 8.64. The molecule has 1 fully saturated rings. The molecule has 7 nitrogen and oxygen atoms in total. The molecule has 0 radical (unpaired) electrons. The topological polar surface area (TPSA) is 114 Å². The number of rotatable bonds is 8. The van der Waals surface area contributed by atoms with Crippen LogP contribution >= 0.6 is 0 Å². The van der Waals surface area contributed by atoms with Crippen LogP contribution in [-0.4, -0.2) is 30.8 Å². The van der Waals surface area contributed by atoms with Crippen LogP contribution in [0.1, 0.15) is 36.8 Å². The van der Waals surface area contributed by atoms with E-state index in [0.29, 0.717) is 53.9 Å². The Bertz CT molecular complexity index is 1050. The summed E-state index contributed by atoms with van der Waals surface area (Å²) in [5, 5.41) is 0. The summed E-state index contributed by atoms with van der Waals surface area (Å²) in [6, 6.07) is 11.5. The van der Waals surface area contributed by atoms with Crippen LogP contribution in [-0.2, 0) is 25.7 Å². The fourth-order valence-electron chi connectivity index (χ4n) is 3.63. The maximum atomic E-state index is 12.4. The molecule has 0 heterocycles. The Morgan fingerprint density at radius 3 is 2.31 bits per heavy atom. The van der Waals surface area contributed by atoms with Crippen molar-refractivity contribution in [2.75, 3.05) is 18.1 Å². The molecule has 1 aliphatic carbocycles. The van der Waals surface area contributed by atoms with Crippen molar-refractivity contribution in [2.24, 2.45) is 5.92 Å². The first-order chi connectivity index (χ1) is 16.6. The van der Waals surface area contributed by atoms with Crippen molar-refractivity contribution in [1.82, 2.24) is 0 Å². The minimum Gasteiger partial charge on any atom is -0.458 e. The average molecular weight is 492 g/mol. The number of alkyl halides is 3. The van der Waals surface area contributed by atoms with Gasteiger partial charge in [0.15, 0.2) is 0 Å². The van der Waals surface area contributed by atoms with E-state index in [-0.39, 0.29) is 12.5 Å². The van der Waals surface area contributed by atoms with E-state index in [2.05, 4.69) is 0 Å². The number of benzene rings is 2. The second-order valence-electron chi connectivity index (χ2n) is 8.29. The van der Waals surface area contributed by atoms with Gasteiger partial charge in [-0.25, -0.2) is 4.79 Å². The third-order valence-corrected chi connectivity index (χ3v) is 5.54. The van der Waals surface area contributed by atoms with Gasteiger partial charge in [0.25, 0.3) is 0 Å². The van der Waals surface area contributed by atoms with E-state index in [1.54, 1.807) is 48.5 Å². The van der Waals surface area contributed by atoms with Gasteiger partial charge >= 0.3 is 18.1 Å². The predicted octanol–water partition coefficient (Wildman–Crippen LogP) is 4.65. The Morgan fingerprint density at radius 1 is 1.00 bits per heavy atom. The lowest BCUT2D eigenvalue weighted by atomic mass is 9.87. The number of hydrogen-bond acceptors (Lipinski definition) is 7. The molecule has 3 rings (SSSR count). The maximum Gasteiger partial charge on any atom is 0.411 e. The number of carbonyl (C=O) groups excluding carboxylic acids is 2. The van der Waals surface area contributed by atoms with Crippen LogP contribution < -0.4 is 16.2 Å². The van der Waals surface area contributed by atoms with Gasteiger partial charge in [-0.15, -0.1) is 0 Å². The zero-order chi connectivity index (χ0) is 25.4. The lowest BCUT2D eigenvalue weighted by Gasteiger charge is -2.27. The molecule has 1 saturated carbocycles. The SMILES string of the molecule is Nc1ccc(COC(=O)/C=C/c2ccc(OC(=O)C3CCC(OCC(F)(F)F)CC3)cc2)c(N)c1. The van der Waals surface area contributed by atoms with Gasteiger partial charge in [-0.2, -0.15) is 13.2 Å². The molecule has 2 aromatic rings. The molecule has 0 spiro atoms. The van der Waals surface area contributed by atoms with E-state index in [4.69, 9.17) is 25.7 Å². The van der Waals surface area contributed by atoms with Crippen molar-refractivity contribution in [3.05, 3.63) is 59.7 Å². The van der Waals surface area contributed by atoms with Gasteiger partial charge in [-0.3, -0.25) is 4.79 Å². The largest absolute Gasteiger partial charge is 0.458 e. The molecular formula is C25H27F3N2O5. The summed E-state index contributed by atoms with van der Waals surface area (Å²) in [5.74, 6) is -1.02. The van der Waals surface area contributed by atoms with Crippen molar-refractivity contribution >= 4 is 29.4 Å². The first kappa shape index (κ1) is 26.1. The van der Waals surface area contributed by atoms with Crippen molar-refractivity contribution in [3.8, 4) is 5.75 Å². The van der Waals surface area contributed by atoms with Crippen LogP contribution in [0.25, 0.3) is 6.08 Å². The summed E-state index contributed by atoms with van der Waals surface area (Å²) < 4.78 is 52.2. The fourth-order valence-corrected chi connectivity index (χ4v) is 3.63. The number of nitrogens with two attached hydrogens (primary N) is 2. The monoisotopic (exact) mass is 492 g/mol. The molecule has 0 saturated heterocycles. The number of carbonyl (C=O) groups is 2. The summed E-state index contributed by atoms with van der Waals surface area (Å²) in [5.41, 5.74) is 13.8. The second kappa shape index (κ2) is 11.7. The molecule has 0 atom stereocenters. The predicted molar refractivity (Wildman–Crippen MR) is 124 cm³/mol. The van der Waals surface area contributed by atoms with E-state index < -0.39 is 30.8 Å². The zero-order valence-corrected chi connectivity index (χ0v) is 18.9. The van der Waals surface area contributed by atoms with Crippen molar-refractivity contribution in [2.45, 2.75) is 44.6 Å². The molecule has 35 heavy (non-hydrogen) atoms. The van der Waals surface area contributed by atoms with Crippen LogP contribution in [0.15, 0.2) is 48.5 Å². The third-order valence-electron chi connectivity index (χ3n) is 5.54. The van der Waals surface area contributed by atoms with E-state index in [0.717, 1.165) is 0 Å². The molecule has 0 aromatic heterocycles. The lowest BCUT2D eigenvalue weighted by molar-refractivity contribution is -0.189. The highest BCUT2D eigenvalue weighted by Crippen LogP contribution is 2.29. The summed E-state index contributed by atoms with van der Waals surface area (Å²) in [4.78, 5) is 24.3. The number of hydrogen-bond donors (Lipinski definition) is 2. The van der Waals surface area contributed by atoms with Crippen molar-refractivity contribution in [3.63, 3.8) is 0 Å². The maximum absolute atomic E-state index is 12.4. The van der Waals surface area contributed by atoms with E-state index in [1.807, 2.05) is 0 Å². The summed E-state index contributed by atoms with van der Waals surface area (Å²) in [7, 11) is 0. The van der Waals surface area contributed by atoms with Gasteiger partial charge in [0, 0.05) is 23.0 Å². The molecule has 0 aliphatic heterocycles. The Labute approximate surface area is 200 Å². The Kier molecular flexibility index (Phi) is 8.75. The number of nitrogen functional groups attached to an aromatic ring is 2. The van der Waals surface area contributed by atoms with Gasteiger partial charge < -0.3 is 25.7 Å².